The molecule has 1 aromatic carbocycles. The summed E-state index contributed by atoms with van der Waals surface area (Å²) in [6, 6.07) is 4.12. The summed E-state index contributed by atoms with van der Waals surface area (Å²) in [5.41, 5.74) is -0.0503. The van der Waals surface area contributed by atoms with Gasteiger partial charge < -0.3 is 19.4 Å². The second kappa shape index (κ2) is 11.5. The van der Waals surface area contributed by atoms with Crippen LogP contribution in [-0.4, -0.2) is 18.5 Å². The molecule has 5 heteroatoms. The zero-order chi connectivity index (χ0) is 17.8. The minimum atomic E-state index is -1.32. The highest BCUT2D eigenvalue weighted by Crippen LogP contribution is 2.28. The van der Waals surface area contributed by atoms with Crippen LogP contribution in [0.2, 0.25) is 0 Å². The molecule has 0 fully saturated rings. The van der Waals surface area contributed by atoms with Crippen molar-refractivity contribution in [1.29, 1.82) is 0 Å². The smallest absolute Gasteiger partial charge is 0.308 e. The Labute approximate surface area is 144 Å². The first kappa shape index (κ1) is 20.0. The first-order chi connectivity index (χ1) is 11.5. The van der Waals surface area contributed by atoms with Crippen LogP contribution in [0.3, 0.4) is 0 Å². The van der Waals surface area contributed by atoms with Gasteiger partial charge in [0.05, 0.1) is 12.6 Å². The van der Waals surface area contributed by atoms with Crippen LogP contribution in [0.5, 0.6) is 11.5 Å². The van der Waals surface area contributed by atoms with Gasteiger partial charge in [-0.2, -0.15) is 0 Å². The Bertz CT molecular complexity index is 524. The number of rotatable bonds is 12. The largest absolute Gasteiger partial charge is 0.545 e. The first-order valence-electron chi connectivity index (χ1n) is 8.71. The number of benzene rings is 1. The van der Waals surface area contributed by atoms with Gasteiger partial charge in [-0.15, -0.1) is 0 Å². The van der Waals surface area contributed by atoms with Gasteiger partial charge in [0.2, 0.25) is 0 Å². The molecule has 0 amide bonds. The molecule has 1 rings (SSSR count). The summed E-state index contributed by atoms with van der Waals surface area (Å²) in [6.45, 7) is 3.98. The lowest BCUT2D eigenvalue weighted by Crippen LogP contribution is -2.22. The Morgan fingerprint density at radius 1 is 0.958 bits per heavy atom. The van der Waals surface area contributed by atoms with Gasteiger partial charge in [-0.1, -0.05) is 51.9 Å². The van der Waals surface area contributed by atoms with Gasteiger partial charge in [-0.3, -0.25) is 4.79 Å². The van der Waals surface area contributed by atoms with Gasteiger partial charge in [0, 0.05) is 12.5 Å². The second-order valence-electron chi connectivity index (χ2n) is 5.87. The number of esters is 1. The summed E-state index contributed by atoms with van der Waals surface area (Å²) >= 11 is 0. The van der Waals surface area contributed by atoms with Crippen LogP contribution < -0.4 is 14.6 Å². The maximum Gasteiger partial charge on any atom is 0.308 e. The molecule has 24 heavy (non-hydrogen) atoms. The Hall–Kier alpha value is -2.04. The molecule has 0 aliphatic heterocycles. The molecule has 0 aromatic heterocycles. The summed E-state index contributed by atoms with van der Waals surface area (Å²) < 4.78 is 10.6. The van der Waals surface area contributed by atoms with E-state index in [0.29, 0.717) is 12.4 Å². The summed E-state index contributed by atoms with van der Waals surface area (Å²) in [5, 5.41) is 10.9. The highest BCUT2D eigenvalue weighted by atomic mass is 16.6. The van der Waals surface area contributed by atoms with Crippen molar-refractivity contribution < 1.29 is 24.2 Å². The maximum atomic E-state index is 11.1. The van der Waals surface area contributed by atoms with E-state index in [4.69, 9.17) is 9.47 Å². The quantitative estimate of drug-likeness (QED) is 0.332. The summed E-state index contributed by atoms with van der Waals surface area (Å²) in [5.74, 6) is -1.36. The minimum absolute atomic E-state index is 0.0503. The predicted molar refractivity (Wildman–Crippen MR) is 90.2 cm³/mol. The average molecular weight is 335 g/mol. The van der Waals surface area contributed by atoms with E-state index in [2.05, 4.69) is 6.92 Å². The molecule has 1 aromatic rings. The number of ether oxygens (including phenoxy) is 2. The lowest BCUT2D eigenvalue weighted by Gasteiger charge is -2.13. The summed E-state index contributed by atoms with van der Waals surface area (Å²) in [6.07, 6.45) is 9.60. The van der Waals surface area contributed by atoms with Crippen LogP contribution in [0, 0.1) is 0 Å². The number of carboxylic acid groups (broad SMARTS) is 1. The molecule has 0 atom stereocenters. The Kier molecular flexibility index (Phi) is 9.58. The van der Waals surface area contributed by atoms with E-state index in [1.807, 2.05) is 0 Å². The van der Waals surface area contributed by atoms with E-state index in [1.165, 1.54) is 63.6 Å². The third kappa shape index (κ3) is 7.99. The maximum absolute atomic E-state index is 11.1. The number of carbonyl (C=O) groups is 2. The fourth-order valence-corrected chi connectivity index (χ4v) is 2.41. The molecular formula is C19H27O5-. The van der Waals surface area contributed by atoms with Crippen molar-refractivity contribution in [2.45, 2.75) is 65.2 Å². The van der Waals surface area contributed by atoms with Crippen molar-refractivity contribution in [2.75, 3.05) is 6.61 Å². The van der Waals surface area contributed by atoms with Crippen molar-refractivity contribution in [3.05, 3.63) is 23.8 Å². The molecule has 0 N–H and O–H groups in total. The second-order valence-corrected chi connectivity index (χ2v) is 5.87. The third-order valence-electron chi connectivity index (χ3n) is 3.69. The van der Waals surface area contributed by atoms with E-state index in [-0.39, 0.29) is 11.3 Å². The molecule has 0 aliphatic carbocycles. The van der Waals surface area contributed by atoms with Crippen molar-refractivity contribution in [3.63, 3.8) is 0 Å². The molecule has 0 bridgehead atoms. The molecular weight excluding hydrogens is 308 g/mol. The van der Waals surface area contributed by atoms with Crippen molar-refractivity contribution in [2.24, 2.45) is 0 Å². The zero-order valence-electron chi connectivity index (χ0n) is 14.6. The Morgan fingerprint density at radius 3 is 2.17 bits per heavy atom. The van der Waals surface area contributed by atoms with Crippen LogP contribution in [0.25, 0.3) is 0 Å². The molecule has 0 spiro atoms. The van der Waals surface area contributed by atoms with Crippen LogP contribution >= 0.6 is 0 Å². The highest BCUT2D eigenvalue weighted by molar-refractivity contribution is 5.87. The molecule has 0 radical (unpaired) electrons. The zero-order valence-corrected chi connectivity index (χ0v) is 14.6. The van der Waals surface area contributed by atoms with E-state index < -0.39 is 11.9 Å². The van der Waals surface area contributed by atoms with Gasteiger partial charge >= 0.3 is 5.97 Å². The number of unbranched alkanes of at least 4 members (excludes halogenated alkanes) is 7. The fourth-order valence-electron chi connectivity index (χ4n) is 2.41. The number of hydrogen-bond acceptors (Lipinski definition) is 5. The first-order valence-corrected chi connectivity index (χ1v) is 8.71. The van der Waals surface area contributed by atoms with E-state index in [9.17, 15) is 14.7 Å². The normalized spacial score (nSPS) is 10.4. The molecule has 0 heterocycles. The topological polar surface area (TPSA) is 75.7 Å². The van der Waals surface area contributed by atoms with Crippen LogP contribution in [0.4, 0.5) is 0 Å². The molecule has 0 aliphatic rings. The SMILES string of the molecule is CCCCCCCCCCOc1ccc(C(=O)[O-])cc1OC(C)=O. The van der Waals surface area contributed by atoms with Gasteiger partial charge in [0.15, 0.2) is 11.5 Å². The highest BCUT2D eigenvalue weighted by Gasteiger charge is 2.09. The van der Waals surface area contributed by atoms with Crippen molar-refractivity contribution in [1.82, 2.24) is 0 Å². The lowest BCUT2D eigenvalue weighted by molar-refractivity contribution is -0.255. The molecule has 0 saturated carbocycles. The average Bonchev–Trinajstić information content (AvgIpc) is 2.53. The fraction of sp³-hybridized carbons (Fsp3) is 0.579. The van der Waals surface area contributed by atoms with E-state index >= 15 is 0 Å². The molecule has 0 unspecified atom stereocenters. The minimum Gasteiger partial charge on any atom is -0.545 e. The third-order valence-corrected chi connectivity index (χ3v) is 3.69. The van der Waals surface area contributed by atoms with Crippen LogP contribution in [-0.2, 0) is 4.79 Å². The summed E-state index contributed by atoms with van der Waals surface area (Å²) in [7, 11) is 0. The van der Waals surface area contributed by atoms with Gasteiger partial charge in [-0.25, -0.2) is 0 Å². The number of carboxylic acids is 1. The molecule has 134 valence electrons. The number of aromatic carboxylic acids is 1. The monoisotopic (exact) mass is 335 g/mol. The lowest BCUT2D eigenvalue weighted by atomic mass is 10.1. The Morgan fingerprint density at radius 2 is 1.58 bits per heavy atom. The Balaban J connectivity index is 2.38. The molecule has 5 nitrogen and oxygen atoms in total. The van der Waals surface area contributed by atoms with Gasteiger partial charge in [-0.05, 0) is 24.6 Å². The van der Waals surface area contributed by atoms with E-state index in [1.54, 1.807) is 0 Å². The molecule has 0 saturated heterocycles. The number of carbonyl (C=O) groups excluding carboxylic acids is 2. The van der Waals surface area contributed by atoms with Crippen molar-refractivity contribution in [3.8, 4) is 11.5 Å². The summed E-state index contributed by atoms with van der Waals surface area (Å²) in [4.78, 5) is 22.0. The van der Waals surface area contributed by atoms with Crippen LogP contribution in [0.1, 0.15) is 75.6 Å². The van der Waals surface area contributed by atoms with Gasteiger partial charge in [0.1, 0.15) is 0 Å². The van der Waals surface area contributed by atoms with Crippen LogP contribution in [0.15, 0.2) is 18.2 Å². The van der Waals surface area contributed by atoms with Gasteiger partial charge in [0.25, 0.3) is 0 Å². The predicted octanol–water partition coefficient (Wildman–Crippen LogP) is 3.49. The standard InChI is InChI=1S/C19H28O5/c1-3-4-5-6-7-8-9-10-13-23-17-12-11-16(19(21)22)14-18(17)24-15(2)20/h11-12,14H,3-10,13H2,1-2H3,(H,21,22)/p-1. The van der Waals surface area contributed by atoms with E-state index in [0.717, 1.165) is 12.8 Å². The number of hydrogen-bond donors (Lipinski definition) is 0. The van der Waals surface area contributed by atoms with Crippen molar-refractivity contribution >= 4 is 11.9 Å².